The molecular weight excluding hydrogens is 228 g/mol. The average Bonchev–Trinajstić information content (AvgIpc) is 2.29. The van der Waals surface area contributed by atoms with Crippen molar-refractivity contribution in [2.75, 3.05) is 0 Å². The van der Waals surface area contributed by atoms with Gasteiger partial charge in [-0.15, -0.1) is 0 Å². The van der Waals surface area contributed by atoms with Crippen LogP contribution in [0, 0.1) is 6.92 Å². The summed E-state index contributed by atoms with van der Waals surface area (Å²) in [6.45, 7) is 1.70. The quantitative estimate of drug-likeness (QED) is 0.451. The van der Waals surface area contributed by atoms with Crippen molar-refractivity contribution in [1.82, 2.24) is 0 Å². The van der Waals surface area contributed by atoms with E-state index >= 15 is 0 Å². The molecule has 1 aromatic rings. The molecular formula is C11H10O6. The molecule has 0 aliphatic heterocycles. The van der Waals surface area contributed by atoms with Gasteiger partial charge in [0, 0.05) is 5.56 Å². The summed E-state index contributed by atoms with van der Waals surface area (Å²) in [5.41, 5.74) is 0.940. The highest BCUT2D eigenvalue weighted by atomic mass is 16.4. The first kappa shape index (κ1) is 14.5. The number of ketones is 1. The topological polar surface area (TPSA) is 109 Å². The Morgan fingerprint density at radius 2 is 1.59 bits per heavy atom. The molecule has 0 aliphatic rings. The number of aliphatic carboxylic acids is 2. The summed E-state index contributed by atoms with van der Waals surface area (Å²) in [5, 5.41) is 15.8. The van der Waals surface area contributed by atoms with Crippen LogP contribution in [-0.4, -0.2) is 34.2 Å². The number of aryl methyl sites for hydroxylation is 1. The Labute approximate surface area is 96.5 Å². The zero-order valence-electron chi connectivity index (χ0n) is 8.91. The third-order valence-corrected chi connectivity index (χ3v) is 1.68. The molecule has 0 spiro atoms. The fourth-order valence-electron chi connectivity index (χ4n) is 0.943. The van der Waals surface area contributed by atoms with Crippen molar-refractivity contribution in [2.24, 2.45) is 0 Å². The second-order valence-corrected chi connectivity index (χ2v) is 2.91. The molecule has 17 heavy (non-hydrogen) atoms. The largest absolute Gasteiger partial charge is 0.476 e. The molecule has 1 rings (SSSR count). The second kappa shape index (κ2) is 6.89. The van der Waals surface area contributed by atoms with E-state index in [0.29, 0.717) is 5.56 Å². The minimum Gasteiger partial charge on any atom is -0.476 e. The van der Waals surface area contributed by atoms with Crippen LogP contribution in [0.15, 0.2) is 24.3 Å². The zero-order chi connectivity index (χ0) is 13.4. The van der Waals surface area contributed by atoms with Gasteiger partial charge in [-0.25, -0.2) is 9.59 Å². The van der Waals surface area contributed by atoms with Crippen LogP contribution in [0.4, 0.5) is 0 Å². The molecule has 0 fully saturated rings. The molecule has 0 heterocycles. The third kappa shape index (κ3) is 5.22. The van der Waals surface area contributed by atoms with Crippen molar-refractivity contribution >= 4 is 24.0 Å². The average molecular weight is 238 g/mol. The first-order chi connectivity index (χ1) is 7.90. The van der Waals surface area contributed by atoms with Crippen LogP contribution < -0.4 is 0 Å². The number of carbonyl (C=O) groups excluding carboxylic acids is 2. The SMILES string of the molecule is Cc1ccccc1C(=O)C(=O)O.O=CC(=O)O. The molecule has 0 saturated carbocycles. The fourth-order valence-corrected chi connectivity index (χ4v) is 0.943. The Morgan fingerprint density at radius 1 is 1.12 bits per heavy atom. The molecule has 0 saturated heterocycles. The summed E-state index contributed by atoms with van der Waals surface area (Å²) >= 11 is 0. The van der Waals surface area contributed by atoms with Crippen LogP contribution in [0.1, 0.15) is 15.9 Å². The molecule has 6 nitrogen and oxygen atoms in total. The maximum Gasteiger partial charge on any atom is 0.377 e. The normalized spacial score (nSPS) is 8.53. The number of carboxylic acids is 2. The van der Waals surface area contributed by atoms with Gasteiger partial charge in [-0.1, -0.05) is 24.3 Å². The van der Waals surface area contributed by atoms with Gasteiger partial charge in [-0.2, -0.15) is 0 Å². The number of benzene rings is 1. The molecule has 0 aromatic heterocycles. The number of Topliss-reactive ketones (excluding diaryl/α,β-unsaturated/α-hetero) is 1. The minimum atomic E-state index is -1.43. The molecule has 0 aliphatic carbocycles. The summed E-state index contributed by atoms with van der Waals surface area (Å²) in [4.78, 5) is 39.2. The molecule has 0 unspecified atom stereocenters. The van der Waals surface area contributed by atoms with E-state index in [1.807, 2.05) is 0 Å². The van der Waals surface area contributed by atoms with E-state index in [2.05, 4.69) is 0 Å². The van der Waals surface area contributed by atoms with E-state index in [1.54, 1.807) is 25.1 Å². The number of rotatable bonds is 3. The van der Waals surface area contributed by atoms with Crippen LogP contribution in [0.3, 0.4) is 0 Å². The summed E-state index contributed by atoms with van der Waals surface area (Å²) < 4.78 is 0. The Hall–Kier alpha value is -2.50. The Balaban J connectivity index is 0.000000437. The van der Waals surface area contributed by atoms with E-state index < -0.39 is 17.7 Å². The highest BCUT2D eigenvalue weighted by Crippen LogP contribution is 2.07. The lowest BCUT2D eigenvalue weighted by Gasteiger charge is -1.98. The van der Waals surface area contributed by atoms with Crippen LogP contribution in [-0.2, 0) is 14.4 Å². The van der Waals surface area contributed by atoms with Crippen molar-refractivity contribution in [3.8, 4) is 0 Å². The van der Waals surface area contributed by atoms with Crippen LogP contribution in [0.5, 0.6) is 0 Å². The lowest BCUT2D eigenvalue weighted by Crippen LogP contribution is -2.13. The molecule has 0 bridgehead atoms. The van der Waals surface area contributed by atoms with E-state index in [1.165, 1.54) is 6.07 Å². The van der Waals surface area contributed by atoms with Gasteiger partial charge in [0.2, 0.25) is 6.29 Å². The van der Waals surface area contributed by atoms with Crippen molar-refractivity contribution in [1.29, 1.82) is 0 Å². The monoisotopic (exact) mass is 238 g/mol. The molecule has 1 aromatic carbocycles. The van der Waals surface area contributed by atoms with Crippen molar-refractivity contribution in [3.63, 3.8) is 0 Å². The number of carboxylic acid groups (broad SMARTS) is 2. The molecule has 0 radical (unpaired) electrons. The molecule has 0 atom stereocenters. The summed E-state index contributed by atoms with van der Waals surface area (Å²) in [6.07, 6.45) is -0.167. The maximum atomic E-state index is 11.0. The molecule has 0 amide bonds. The predicted molar refractivity (Wildman–Crippen MR) is 56.8 cm³/mol. The lowest BCUT2D eigenvalue weighted by molar-refractivity contribution is -0.143. The fraction of sp³-hybridized carbons (Fsp3) is 0.0909. The highest BCUT2D eigenvalue weighted by molar-refractivity contribution is 6.40. The number of hydrogen-bond acceptors (Lipinski definition) is 4. The standard InChI is InChI=1S/C9H8O3.C2H2O3/c1-6-4-2-3-5-7(6)8(10)9(11)12;3-1-2(4)5/h2-5H,1H3,(H,11,12);1H,(H,4,5). The third-order valence-electron chi connectivity index (χ3n) is 1.68. The zero-order valence-corrected chi connectivity index (χ0v) is 8.91. The molecule has 2 N–H and O–H groups in total. The Bertz CT molecular complexity index is 449. The van der Waals surface area contributed by atoms with Gasteiger partial charge in [0.15, 0.2) is 0 Å². The first-order valence-corrected chi connectivity index (χ1v) is 4.41. The maximum absolute atomic E-state index is 11.0. The summed E-state index contributed by atoms with van der Waals surface area (Å²) in [7, 11) is 0. The van der Waals surface area contributed by atoms with Crippen molar-refractivity contribution in [2.45, 2.75) is 6.92 Å². The molecule has 6 heteroatoms. The second-order valence-electron chi connectivity index (χ2n) is 2.91. The van der Waals surface area contributed by atoms with E-state index in [9.17, 15) is 9.59 Å². The molecule has 90 valence electrons. The van der Waals surface area contributed by atoms with Crippen LogP contribution in [0.2, 0.25) is 0 Å². The van der Waals surface area contributed by atoms with E-state index in [-0.39, 0.29) is 11.8 Å². The Kier molecular flexibility index (Phi) is 5.87. The number of aldehydes is 1. The smallest absolute Gasteiger partial charge is 0.377 e. The van der Waals surface area contributed by atoms with Gasteiger partial charge in [0.25, 0.3) is 5.78 Å². The minimum absolute atomic E-state index is 0.167. The Morgan fingerprint density at radius 3 is 1.94 bits per heavy atom. The van der Waals surface area contributed by atoms with Gasteiger partial charge in [-0.3, -0.25) is 9.59 Å². The summed E-state index contributed by atoms with van der Waals surface area (Å²) in [6, 6.07) is 6.61. The number of hydrogen-bond donors (Lipinski definition) is 2. The van der Waals surface area contributed by atoms with Gasteiger partial charge in [-0.05, 0) is 12.5 Å². The van der Waals surface area contributed by atoms with Crippen molar-refractivity contribution in [3.05, 3.63) is 35.4 Å². The van der Waals surface area contributed by atoms with Crippen LogP contribution in [0.25, 0.3) is 0 Å². The van der Waals surface area contributed by atoms with Crippen LogP contribution >= 0.6 is 0 Å². The van der Waals surface area contributed by atoms with Gasteiger partial charge in [0.05, 0.1) is 0 Å². The predicted octanol–water partition coefficient (Wildman–Crippen LogP) is 0.532. The lowest BCUT2D eigenvalue weighted by atomic mass is 10.1. The van der Waals surface area contributed by atoms with Crippen molar-refractivity contribution < 1.29 is 29.4 Å². The summed E-state index contributed by atoms with van der Waals surface area (Å²) in [5.74, 6) is -3.69. The van der Waals surface area contributed by atoms with E-state index in [0.717, 1.165) is 0 Å². The number of carbonyl (C=O) groups is 4. The van der Waals surface area contributed by atoms with Gasteiger partial charge >= 0.3 is 11.9 Å². The van der Waals surface area contributed by atoms with E-state index in [4.69, 9.17) is 19.8 Å². The highest BCUT2D eigenvalue weighted by Gasteiger charge is 2.15. The van der Waals surface area contributed by atoms with Gasteiger partial charge < -0.3 is 10.2 Å². The van der Waals surface area contributed by atoms with Gasteiger partial charge in [0.1, 0.15) is 0 Å². The first-order valence-electron chi connectivity index (χ1n) is 4.41.